The summed E-state index contributed by atoms with van der Waals surface area (Å²) in [7, 11) is 1.33. The lowest BCUT2D eigenvalue weighted by atomic mass is 9.92. The molecule has 4 heteroatoms. The lowest BCUT2D eigenvalue weighted by Crippen LogP contribution is -2.42. The molecule has 0 saturated carbocycles. The van der Waals surface area contributed by atoms with Gasteiger partial charge in [0.15, 0.2) is 5.78 Å². The zero-order valence-corrected chi connectivity index (χ0v) is 12.3. The van der Waals surface area contributed by atoms with E-state index in [1.54, 1.807) is 6.07 Å². The Labute approximate surface area is 121 Å². The van der Waals surface area contributed by atoms with E-state index in [2.05, 4.69) is 0 Å². The third-order valence-electron chi connectivity index (χ3n) is 3.71. The SMILES string of the molecule is COC(=O)[C@@]12SC(C)=CC(C)=C1c1ccccc1C2=O. The van der Waals surface area contributed by atoms with Gasteiger partial charge in [-0.15, -0.1) is 0 Å². The summed E-state index contributed by atoms with van der Waals surface area (Å²) >= 11 is 1.28. The van der Waals surface area contributed by atoms with Crippen LogP contribution >= 0.6 is 11.8 Å². The maximum atomic E-state index is 12.9. The van der Waals surface area contributed by atoms with Gasteiger partial charge < -0.3 is 4.74 Å². The van der Waals surface area contributed by atoms with Gasteiger partial charge >= 0.3 is 5.97 Å². The van der Waals surface area contributed by atoms with E-state index in [-0.39, 0.29) is 5.78 Å². The second-order valence-corrected chi connectivity index (χ2v) is 6.42. The van der Waals surface area contributed by atoms with Crippen molar-refractivity contribution >= 4 is 29.1 Å². The smallest absolute Gasteiger partial charge is 0.335 e. The Bertz CT molecular complexity index is 699. The first-order valence-electron chi connectivity index (χ1n) is 6.33. The Kier molecular flexibility index (Phi) is 2.87. The molecule has 0 aromatic heterocycles. The summed E-state index contributed by atoms with van der Waals surface area (Å²) in [4.78, 5) is 26.2. The number of hydrogen-bond acceptors (Lipinski definition) is 4. The first kappa shape index (κ1) is 13.2. The van der Waals surface area contributed by atoms with E-state index in [0.29, 0.717) is 5.56 Å². The number of ether oxygens (including phenoxy) is 1. The molecule has 2 aliphatic rings. The van der Waals surface area contributed by atoms with Gasteiger partial charge in [-0.05, 0) is 41.5 Å². The van der Waals surface area contributed by atoms with Crippen LogP contribution in [0.25, 0.3) is 5.57 Å². The molecule has 1 aromatic rings. The van der Waals surface area contributed by atoms with Gasteiger partial charge in [0.1, 0.15) is 0 Å². The third-order valence-corrected chi connectivity index (χ3v) is 5.02. The van der Waals surface area contributed by atoms with Crippen molar-refractivity contribution in [3.8, 4) is 0 Å². The monoisotopic (exact) mass is 286 g/mol. The van der Waals surface area contributed by atoms with E-state index >= 15 is 0 Å². The normalized spacial score (nSPS) is 24.1. The Morgan fingerprint density at radius 3 is 2.50 bits per heavy atom. The zero-order valence-electron chi connectivity index (χ0n) is 11.5. The fourth-order valence-corrected chi connectivity index (χ4v) is 4.47. The molecule has 0 bridgehead atoms. The number of rotatable bonds is 1. The summed E-state index contributed by atoms with van der Waals surface area (Å²) in [6, 6.07) is 7.37. The van der Waals surface area contributed by atoms with Gasteiger partial charge in [0.25, 0.3) is 0 Å². The predicted molar refractivity (Wildman–Crippen MR) is 79.5 cm³/mol. The fraction of sp³-hybridized carbons (Fsp3) is 0.250. The molecule has 1 atom stereocenters. The van der Waals surface area contributed by atoms with Crippen LogP contribution in [0.5, 0.6) is 0 Å². The fourth-order valence-electron chi connectivity index (χ4n) is 3.01. The number of Topliss-reactive ketones (excluding diaryl/α,β-unsaturated/α-hetero) is 1. The van der Waals surface area contributed by atoms with E-state index in [1.807, 2.05) is 38.1 Å². The number of ketones is 1. The zero-order chi connectivity index (χ0) is 14.5. The third kappa shape index (κ3) is 1.48. The standard InChI is InChI=1S/C16H14O3S/c1-9-8-10(2)20-16(15(18)19-3)13(9)11-6-4-5-7-12(11)14(16)17/h4-8H,1-3H3/t16-/m1/s1. The molecule has 0 N–H and O–H groups in total. The van der Waals surface area contributed by atoms with Crippen molar-refractivity contribution in [2.24, 2.45) is 0 Å². The largest absolute Gasteiger partial charge is 0.467 e. The lowest BCUT2D eigenvalue weighted by Gasteiger charge is -2.30. The molecule has 3 rings (SSSR count). The minimum absolute atomic E-state index is 0.174. The molecule has 0 radical (unpaired) electrons. The quantitative estimate of drug-likeness (QED) is 0.587. The summed E-state index contributed by atoms with van der Waals surface area (Å²) < 4.78 is 3.69. The van der Waals surface area contributed by atoms with E-state index in [1.165, 1.54) is 18.9 Å². The number of carbonyl (C=O) groups excluding carboxylic acids is 2. The van der Waals surface area contributed by atoms with Crippen LogP contribution in [-0.4, -0.2) is 23.6 Å². The van der Waals surface area contributed by atoms with E-state index in [4.69, 9.17) is 4.74 Å². The van der Waals surface area contributed by atoms with Crippen molar-refractivity contribution in [2.75, 3.05) is 7.11 Å². The van der Waals surface area contributed by atoms with Crippen LogP contribution < -0.4 is 0 Å². The summed E-state index contributed by atoms with van der Waals surface area (Å²) in [5.74, 6) is -0.669. The molecule has 0 unspecified atom stereocenters. The number of thioether (sulfide) groups is 1. The second-order valence-electron chi connectivity index (χ2n) is 4.96. The van der Waals surface area contributed by atoms with Crippen molar-refractivity contribution in [1.29, 1.82) is 0 Å². The number of methoxy groups -OCH3 is 1. The van der Waals surface area contributed by atoms with Crippen LogP contribution in [0.2, 0.25) is 0 Å². The highest BCUT2D eigenvalue weighted by atomic mass is 32.2. The van der Waals surface area contributed by atoms with Gasteiger partial charge in [0.05, 0.1) is 7.11 Å². The van der Waals surface area contributed by atoms with E-state index in [0.717, 1.165) is 21.6 Å². The topological polar surface area (TPSA) is 43.4 Å². The molecule has 0 fully saturated rings. The Balaban J connectivity index is 2.37. The Morgan fingerprint density at radius 1 is 1.20 bits per heavy atom. The molecule has 0 spiro atoms. The highest BCUT2D eigenvalue weighted by molar-refractivity contribution is 8.06. The molecule has 0 saturated heterocycles. The molecule has 3 nitrogen and oxygen atoms in total. The predicted octanol–water partition coefficient (Wildman–Crippen LogP) is 3.22. The van der Waals surface area contributed by atoms with Gasteiger partial charge in [-0.2, -0.15) is 0 Å². The van der Waals surface area contributed by atoms with Crippen molar-refractivity contribution in [3.05, 3.63) is 51.9 Å². The highest BCUT2D eigenvalue weighted by Gasteiger charge is 2.58. The van der Waals surface area contributed by atoms with E-state index in [9.17, 15) is 9.59 Å². The number of allylic oxidation sites excluding steroid dienone is 3. The second kappa shape index (κ2) is 4.35. The molecule has 0 amide bonds. The highest BCUT2D eigenvalue weighted by Crippen LogP contribution is 2.55. The molecule has 102 valence electrons. The van der Waals surface area contributed by atoms with Crippen molar-refractivity contribution < 1.29 is 14.3 Å². The Hall–Kier alpha value is -1.81. The van der Waals surface area contributed by atoms with Crippen LogP contribution in [-0.2, 0) is 9.53 Å². The first-order chi connectivity index (χ1) is 9.52. The van der Waals surface area contributed by atoms with Gasteiger partial charge in [-0.25, -0.2) is 4.79 Å². The molecule has 1 heterocycles. The summed E-state index contributed by atoms with van der Waals surface area (Å²) in [5.41, 5.74) is 3.17. The molecule has 1 aliphatic carbocycles. The van der Waals surface area contributed by atoms with Gasteiger partial charge in [-0.1, -0.05) is 36.0 Å². The molecular weight excluding hydrogens is 272 g/mol. The Morgan fingerprint density at radius 2 is 1.85 bits per heavy atom. The molecular formula is C16H14O3S. The van der Waals surface area contributed by atoms with Gasteiger partial charge in [0, 0.05) is 5.56 Å². The van der Waals surface area contributed by atoms with Crippen molar-refractivity contribution in [1.82, 2.24) is 0 Å². The number of benzene rings is 1. The average molecular weight is 286 g/mol. The maximum absolute atomic E-state index is 12.9. The number of hydrogen-bond donors (Lipinski definition) is 0. The summed E-state index contributed by atoms with van der Waals surface area (Å²) in [5, 5.41) is 0. The number of esters is 1. The first-order valence-corrected chi connectivity index (χ1v) is 7.15. The number of carbonyl (C=O) groups is 2. The van der Waals surface area contributed by atoms with Crippen molar-refractivity contribution in [2.45, 2.75) is 18.6 Å². The van der Waals surface area contributed by atoms with Crippen LogP contribution in [0.15, 0.2) is 40.8 Å². The number of fused-ring (bicyclic) bond motifs is 3. The van der Waals surface area contributed by atoms with E-state index < -0.39 is 10.7 Å². The maximum Gasteiger partial charge on any atom is 0.335 e. The minimum atomic E-state index is -1.26. The average Bonchev–Trinajstić information content (AvgIpc) is 2.69. The van der Waals surface area contributed by atoms with Gasteiger partial charge in [0.2, 0.25) is 4.75 Å². The van der Waals surface area contributed by atoms with Crippen LogP contribution in [0.3, 0.4) is 0 Å². The van der Waals surface area contributed by atoms with Crippen molar-refractivity contribution in [3.63, 3.8) is 0 Å². The molecule has 1 aliphatic heterocycles. The lowest BCUT2D eigenvalue weighted by molar-refractivity contribution is -0.140. The summed E-state index contributed by atoms with van der Waals surface area (Å²) in [6.07, 6.45) is 2.01. The molecule has 20 heavy (non-hydrogen) atoms. The van der Waals surface area contributed by atoms with Crippen LogP contribution in [0.1, 0.15) is 29.8 Å². The van der Waals surface area contributed by atoms with Gasteiger partial charge in [-0.3, -0.25) is 4.79 Å². The summed E-state index contributed by atoms with van der Waals surface area (Å²) in [6.45, 7) is 3.84. The van der Waals surface area contributed by atoms with Crippen LogP contribution in [0, 0.1) is 0 Å². The molecule has 1 aromatic carbocycles. The van der Waals surface area contributed by atoms with Crippen LogP contribution in [0.4, 0.5) is 0 Å². The minimum Gasteiger partial charge on any atom is -0.467 e.